The Balaban J connectivity index is 1.32. The Morgan fingerprint density at radius 3 is 2.20 bits per heavy atom. The Kier molecular flexibility index (Phi) is 8.91. The lowest BCUT2D eigenvalue weighted by molar-refractivity contribution is 0.0662. The van der Waals surface area contributed by atoms with Gasteiger partial charge in [-0.3, -0.25) is 0 Å². The van der Waals surface area contributed by atoms with Gasteiger partial charge in [0.15, 0.2) is 24.0 Å². The van der Waals surface area contributed by atoms with Crippen molar-refractivity contribution in [3.63, 3.8) is 0 Å². The summed E-state index contributed by atoms with van der Waals surface area (Å²) in [7, 11) is 0. The van der Waals surface area contributed by atoms with Gasteiger partial charge in [-0.25, -0.2) is 26.3 Å². The van der Waals surface area contributed by atoms with E-state index in [4.69, 9.17) is 0 Å². The van der Waals surface area contributed by atoms with Crippen LogP contribution in [0.3, 0.4) is 0 Å². The largest absolute Gasteiger partial charge is 0.247 e. The number of alkyl halides is 4. The van der Waals surface area contributed by atoms with E-state index in [0.717, 1.165) is 30.8 Å². The quantitative estimate of drug-likeness (QED) is 0.241. The van der Waals surface area contributed by atoms with E-state index in [0.29, 0.717) is 12.0 Å². The van der Waals surface area contributed by atoms with E-state index in [1.54, 1.807) is 5.57 Å². The highest BCUT2D eigenvalue weighted by atomic mass is 19.2. The highest BCUT2D eigenvalue weighted by Gasteiger charge is 2.41. The maximum atomic E-state index is 15.0. The van der Waals surface area contributed by atoms with E-state index in [1.165, 1.54) is 38.5 Å². The van der Waals surface area contributed by atoms with Gasteiger partial charge in [-0.1, -0.05) is 43.1 Å². The molecule has 1 saturated carbocycles. The van der Waals surface area contributed by atoms with Crippen LogP contribution in [0.1, 0.15) is 84.0 Å². The summed E-state index contributed by atoms with van der Waals surface area (Å²) in [5.74, 6) is -2.53. The van der Waals surface area contributed by atoms with E-state index in [-0.39, 0.29) is 18.8 Å². The first-order valence-corrected chi connectivity index (χ1v) is 13.5. The second kappa shape index (κ2) is 11.7. The van der Waals surface area contributed by atoms with Crippen molar-refractivity contribution < 1.29 is 26.3 Å². The number of hydrogen-bond donors (Lipinski definition) is 0. The first-order valence-electron chi connectivity index (χ1n) is 13.5. The van der Waals surface area contributed by atoms with Gasteiger partial charge in [0.25, 0.3) is 0 Å². The fourth-order valence-corrected chi connectivity index (χ4v) is 6.70. The molecule has 0 aromatic heterocycles. The summed E-state index contributed by atoms with van der Waals surface area (Å²) in [6, 6.07) is 0. The lowest BCUT2D eigenvalue weighted by Gasteiger charge is -2.36. The maximum Gasteiger partial charge on any atom is 0.170 e. The minimum absolute atomic E-state index is 0.0611. The zero-order chi connectivity index (χ0) is 25.1. The van der Waals surface area contributed by atoms with Gasteiger partial charge in [-0.15, -0.1) is 0 Å². The summed E-state index contributed by atoms with van der Waals surface area (Å²) in [6.45, 7) is 2.25. The zero-order valence-electron chi connectivity index (χ0n) is 20.6. The molecule has 6 heteroatoms. The van der Waals surface area contributed by atoms with Crippen LogP contribution in [0.15, 0.2) is 46.6 Å². The van der Waals surface area contributed by atoms with Crippen LogP contribution in [0.2, 0.25) is 0 Å². The molecule has 0 bridgehead atoms. The zero-order valence-corrected chi connectivity index (χ0v) is 20.6. The molecule has 0 amide bonds. The summed E-state index contributed by atoms with van der Waals surface area (Å²) in [4.78, 5) is 0. The van der Waals surface area contributed by atoms with Crippen molar-refractivity contribution in [3.8, 4) is 0 Å². The van der Waals surface area contributed by atoms with Gasteiger partial charge in [-0.05, 0) is 80.8 Å². The van der Waals surface area contributed by atoms with Gasteiger partial charge >= 0.3 is 0 Å². The van der Waals surface area contributed by atoms with Crippen molar-refractivity contribution >= 4 is 0 Å². The molecule has 35 heavy (non-hydrogen) atoms. The van der Waals surface area contributed by atoms with Gasteiger partial charge in [0.05, 0.1) is 0 Å². The third kappa shape index (κ3) is 6.10. The Morgan fingerprint density at radius 2 is 1.60 bits per heavy atom. The lowest BCUT2D eigenvalue weighted by atomic mass is 9.71. The van der Waals surface area contributed by atoms with Crippen molar-refractivity contribution in [2.45, 2.75) is 109 Å². The molecule has 0 aromatic rings. The minimum atomic E-state index is -2.35. The predicted molar refractivity (Wildman–Crippen MR) is 128 cm³/mol. The van der Waals surface area contributed by atoms with E-state index in [9.17, 15) is 22.0 Å². The van der Waals surface area contributed by atoms with E-state index in [2.05, 4.69) is 13.0 Å². The number of rotatable bonds is 7. The number of halogens is 6. The van der Waals surface area contributed by atoms with Crippen LogP contribution in [0.5, 0.6) is 0 Å². The third-order valence-electron chi connectivity index (χ3n) is 8.86. The van der Waals surface area contributed by atoms with Gasteiger partial charge < -0.3 is 0 Å². The average Bonchev–Trinajstić information content (AvgIpc) is 2.87. The van der Waals surface area contributed by atoms with Crippen molar-refractivity contribution in [2.24, 2.45) is 23.7 Å². The highest BCUT2D eigenvalue weighted by Crippen LogP contribution is 2.44. The van der Waals surface area contributed by atoms with Crippen molar-refractivity contribution in [3.05, 3.63) is 46.6 Å². The van der Waals surface area contributed by atoms with Crippen molar-refractivity contribution in [1.82, 2.24) is 0 Å². The van der Waals surface area contributed by atoms with Crippen LogP contribution in [-0.4, -0.2) is 24.7 Å². The lowest BCUT2D eigenvalue weighted by Crippen LogP contribution is -2.37. The van der Waals surface area contributed by atoms with Crippen LogP contribution < -0.4 is 0 Å². The Hall–Kier alpha value is -1.46. The van der Waals surface area contributed by atoms with Crippen LogP contribution in [0, 0.1) is 23.7 Å². The average molecular weight is 501 g/mol. The van der Waals surface area contributed by atoms with E-state index in [1.807, 2.05) is 6.08 Å². The second-order valence-electron chi connectivity index (χ2n) is 11.1. The second-order valence-corrected chi connectivity index (χ2v) is 11.1. The molecule has 4 aliphatic carbocycles. The molecule has 0 heterocycles. The maximum absolute atomic E-state index is 15.0. The van der Waals surface area contributed by atoms with Gasteiger partial charge in [0.1, 0.15) is 12.3 Å². The van der Waals surface area contributed by atoms with Gasteiger partial charge in [0, 0.05) is 18.8 Å². The van der Waals surface area contributed by atoms with E-state index < -0.39 is 54.3 Å². The molecule has 6 atom stereocenters. The number of allylic oxidation sites excluding steroid dienone is 8. The predicted octanol–water partition coefficient (Wildman–Crippen LogP) is 9.49. The molecule has 0 saturated heterocycles. The monoisotopic (exact) mass is 500 g/mol. The molecule has 4 rings (SSSR count). The summed E-state index contributed by atoms with van der Waals surface area (Å²) in [6.07, 6.45) is 6.28. The molecular formula is C29H38F6. The van der Waals surface area contributed by atoms with Crippen LogP contribution >= 0.6 is 0 Å². The molecule has 4 aliphatic rings. The smallest absolute Gasteiger partial charge is 0.170 e. The molecule has 5 unspecified atom stereocenters. The van der Waals surface area contributed by atoms with Crippen LogP contribution in [0.25, 0.3) is 0 Å². The first-order chi connectivity index (χ1) is 16.8. The minimum Gasteiger partial charge on any atom is -0.247 e. The molecule has 0 spiro atoms. The molecule has 1 fully saturated rings. The first kappa shape index (κ1) is 26.6. The summed E-state index contributed by atoms with van der Waals surface area (Å²) in [5, 5.41) is 0. The summed E-state index contributed by atoms with van der Waals surface area (Å²) < 4.78 is 85.0. The molecule has 0 N–H and O–H groups in total. The van der Waals surface area contributed by atoms with Crippen LogP contribution in [-0.2, 0) is 0 Å². The molecule has 0 nitrogen and oxygen atoms in total. The van der Waals surface area contributed by atoms with E-state index >= 15 is 4.39 Å². The van der Waals surface area contributed by atoms with Crippen molar-refractivity contribution in [1.29, 1.82) is 0 Å². The fourth-order valence-electron chi connectivity index (χ4n) is 6.70. The SMILES string of the molecule is CCCC1CCC(C2=CCC(C3=CCC(C(F)C(F)C4=CC(F)=C(F)[C@H](F)C4)C(F)C3)CC2)CC1. The third-order valence-corrected chi connectivity index (χ3v) is 8.86. The van der Waals surface area contributed by atoms with Crippen molar-refractivity contribution in [2.75, 3.05) is 0 Å². The Bertz CT molecular complexity index is 862. The normalized spacial score (nSPS) is 36.3. The molecule has 0 aromatic carbocycles. The topological polar surface area (TPSA) is 0 Å². The highest BCUT2D eigenvalue weighted by molar-refractivity contribution is 5.32. The summed E-state index contributed by atoms with van der Waals surface area (Å²) >= 11 is 0. The fraction of sp³-hybridized carbons (Fsp3) is 0.724. The Labute approximate surface area is 205 Å². The van der Waals surface area contributed by atoms with Gasteiger partial charge in [0.2, 0.25) is 0 Å². The summed E-state index contributed by atoms with van der Waals surface area (Å²) in [5.41, 5.74) is 2.05. The van der Waals surface area contributed by atoms with Gasteiger partial charge in [-0.2, -0.15) is 0 Å². The molecule has 196 valence electrons. The molecule has 0 radical (unpaired) electrons. The van der Waals surface area contributed by atoms with Crippen LogP contribution in [0.4, 0.5) is 26.3 Å². The number of hydrogen-bond acceptors (Lipinski definition) is 0. The molecular weight excluding hydrogens is 462 g/mol. The Morgan fingerprint density at radius 1 is 0.886 bits per heavy atom. The molecule has 0 aliphatic heterocycles. The standard InChI is InChI=1S/C29H38F6/c1-2-3-17-4-6-18(7-5-17)19-8-10-20(11-9-19)21-12-13-23(24(30)14-21)28(34)27(33)22-15-25(31)29(35)26(32)16-22/h8,12,15,17-18,20,23-24,26-28H,2-7,9-11,13-14,16H2,1H3/t17?,18?,20?,23?,24?,26-,27?,28?/m1/s1.